The summed E-state index contributed by atoms with van der Waals surface area (Å²) in [6.45, 7) is 6.40. The second-order valence-corrected chi connectivity index (χ2v) is 3.03. The van der Waals surface area contributed by atoms with Crippen molar-refractivity contribution in [3.63, 3.8) is 0 Å². The quantitative estimate of drug-likeness (QED) is 0.617. The highest BCUT2D eigenvalue weighted by atomic mass is 14.0. The van der Waals surface area contributed by atoms with Gasteiger partial charge in [0.05, 0.1) is 0 Å². The SMILES string of the molecule is C/C=C(\CC)c1ccc(C)cc1. The molecule has 0 heterocycles. The van der Waals surface area contributed by atoms with Gasteiger partial charge in [0.1, 0.15) is 0 Å². The number of hydrogen-bond acceptors (Lipinski definition) is 0. The molecule has 0 saturated carbocycles. The van der Waals surface area contributed by atoms with E-state index in [2.05, 4.69) is 51.1 Å². The maximum Gasteiger partial charge on any atom is -0.0228 e. The average Bonchev–Trinajstić information content (AvgIpc) is 2.10. The Balaban J connectivity index is 2.96. The Morgan fingerprint density at radius 2 is 1.83 bits per heavy atom. The molecule has 0 heteroatoms. The van der Waals surface area contributed by atoms with E-state index in [1.54, 1.807) is 0 Å². The van der Waals surface area contributed by atoms with Crippen molar-refractivity contribution in [2.24, 2.45) is 0 Å². The predicted molar refractivity (Wildman–Crippen MR) is 55.1 cm³/mol. The Hall–Kier alpha value is -1.04. The average molecular weight is 160 g/mol. The maximum absolute atomic E-state index is 2.19. The molecule has 0 atom stereocenters. The summed E-state index contributed by atoms with van der Waals surface area (Å²) in [5, 5.41) is 0. The van der Waals surface area contributed by atoms with Gasteiger partial charge in [-0.2, -0.15) is 0 Å². The number of allylic oxidation sites excluding steroid dienone is 2. The zero-order chi connectivity index (χ0) is 8.97. The molecule has 0 saturated heterocycles. The van der Waals surface area contributed by atoms with Crippen LogP contribution >= 0.6 is 0 Å². The molecule has 0 fully saturated rings. The molecule has 12 heavy (non-hydrogen) atoms. The zero-order valence-electron chi connectivity index (χ0n) is 8.09. The Morgan fingerprint density at radius 1 is 1.25 bits per heavy atom. The van der Waals surface area contributed by atoms with Crippen LogP contribution in [-0.4, -0.2) is 0 Å². The van der Waals surface area contributed by atoms with Crippen LogP contribution in [0, 0.1) is 6.92 Å². The lowest BCUT2D eigenvalue weighted by molar-refractivity contribution is 1.23. The fourth-order valence-electron chi connectivity index (χ4n) is 1.34. The molecular formula is C12H16. The molecule has 0 spiro atoms. The van der Waals surface area contributed by atoms with Crippen LogP contribution < -0.4 is 0 Å². The van der Waals surface area contributed by atoms with Crippen LogP contribution in [0.1, 0.15) is 31.4 Å². The van der Waals surface area contributed by atoms with E-state index in [0.717, 1.165) is 6.42 Å². The third-order valence-electron chi connectivity index (χ3n) is 2.15. The van der Waals surface area contributed by atoms with Gasteiger partial charge in [0, 0.05) is 0 Å². The summed E-state index contributed by atoms with van der Waals surface area (Å²) in [4.78, 5) is 0. The van der Waals surface area contributed by atoms with E-state index < -0.39 is 0 Å². The lowest BCUT2D eigenvalue weighted by Gasteiger charge is -2.03. The second-order valence-electron chi connectivity index (χ2n) is 3.03. The van der Waals surface area contributed by atoms with E-state index >= 15 is 0 Å². The number of hydrogen-bond donors (Lipinski definition) is 0. The molecule has 0 aliphatic heterocycles. The van der Waals surface area contributed by atoms with Crippen molar-refractivity contribution in [1.29, 1.82) is 0 Å². The largest absolute Gasteiger partial charge is 0.0839 e. The summed E-state index contributed by atoms with van der Waals surface area (Å²) in [6, 6.07) is 8.70. The third kappa shape index (κ3) is 1.97. The molecule has 64 valence electrons. The van der Waals surface area contributed by atoms with Crippen LogP contribution in [0.5, 0.6) is 0 Å². The molecule has 0 N–H and O–H groups in total. The molecule has 1 aromatic carbocycles. The molecule has 0 aromatic heterocycles. The monoisotopic (exact) mass is 160 g/mol. The van der Waals surface area contributed by atoms with E-state index in [0.29, 0.717) is 0 Å². The minimum Gasteiger partial charge on any atom is -0.0839 e. The van der Waals surface area contributed by atoms with Gasteiger partial charge in [-0.25, -0.2) is 0 Å². The van der Waals surface area contributed by atoms with Gasteiger partial charge < -0.3 is 0 Å². The first-order valence-corrected chi connectivity index (χ1v) is 4.50. The van der Waals surface area contributed by atoms with Crippen LogP contribution in [0.15, 0.2) is 30.3 Å². The van der Waals surface area contributed by atoms with Crippen LogP contribution in [-0.2, 0) is 0 Å². The van der Waals surface area contributed by atoms with Crippen molar-refractivity contribution in [3.05, 3.63) is 41.5 Å². The molecule has 0 nitrogen and oxygen atoms in total. The zero-order valence-corrected chi connectivity index (χ0v) is 8.09. The van der Waals surface area contributed by atoms with Crippen molar-refractivity contribution < 1.29 is 0 Å². The van der Waals surface area contributed by atoms with E-state index in [1.807, 2.05) is 0 Å². The number of rotatable bonds is 2. The Labute approximate surface area is 74.9 Å². The summed E-state index contributed by atoms with van der Waals surface area (Å²) >= 11 is 0. The lowest BCUT2D eigenvalue weighted by atomic mass is 10.0. The Kier molecular flexibility index (Phi) is 3.09. The summed E-state index contributed by atoms with van der Waals surface area (Å²) in [7, 11) is 0. The molecule has 0 aliphatic rings. The van der Waals surface area contributed by atoms with Gasteiger partial charge >= 0.3 is 0 Å². The molecule has 0 aliphatic carbocycles. The molecule has 0 unspecified atom stereocenters. The summed E-state index contributed by atoms with van der Waals surface area (Å²) in [5.74, 6) is 0. The Morgan fingerprint density at radius 3 is 2.25 bits per heavy atom. The highest BCUT2D eigenvalue weighted by Gasteiger charge is 1.95. The van der Waals surface area contributed by atoms with Gasteiger partial charge in [-0.1, -0.05) is 42.8 Å². The van der Waals surface area contributed by atoms with Crippen molar-refractivity contribution in [2.45, 2.75) is 27.2 Å². The van der Waals surface area contributed by atoms with Crippen LogP contribution in [0.4, 0.5) is 0 Å². The highest BCUT2D eigenvalue weighted by Crippen LogP contribution is 2.17. The summed E-state index contributed by atoms with van der Waals surface area (Å²) in [6.07, 6.45) is 3.30. The maximum atomic E-state index is 2.19. The molecule has 0 radical (unpaired) electrons. The standard InChI is InChI=1S/C12H16/c1-4-11(5-2)12-8-6-10(3)7-9-12/h4,6-9H,5H2,1-3H3/b11-4+. The highest BCUT2D eigenvalue weighted by molar-refractivity contribution is 5.65. The molecule has 0 amide bonds. The van der Waals surface area contributed by atoms with Crippen molar-refractivity contribution in [3.8, 4) is 0 Å². The van der Waals surface area contributed by atoms with Gasteiger partial charge in [0.2, 0.25) is 0 Å². The fraction of sp³-hybridized carbons (Fsp3) is 0.333. The van der Waals surface area contributed by atoms with E-state index in [9.17, 15) is 0 Å². The Bertz CT molecular complexity index is 265. The summed E-state index contributed by atoms with van der Waals surface area (Å²) in [5.41, 5.74) is 4.10. The molecule has 0 bridgehead atoms. The first kappa shape index (κ1) is 9.05. The van der Waals surface area contributed by atoms with Crippen LogP contribution in [0.25, 0.3) is 5.57 Å². The van der Waals surface area contributed by atoms with Gasteiger partial charge in [-0.3, -0.25) is 0 Å². The minimum absolute atomic E-state index is 1.11. The number of benzene rings is 1. The topological polar surface area (TPSA) is 0 Å². The minimum atomic E-state index is 1.11. The molecule has 1 aromatic rings. The first-order chi connectivity index (χ1) is 5.77. The van der Waals surface area contributed by atoms with Crippen LogP contribution in [0.2, 0.25) is 0 Å². The van der Waals surface area contributed by atoms with Crippen molar-refractivity contribution >= 4 is 5.57 Å². The van der Waals surface area contributed by atoms with Gasteiger partial charge in [0.25, 0.3) is 0 Å². The van der Waals surface area contributed by atoms with Crippen LogP contribution in [0.3, 0.4) is 0 Å². The van der Waals surface area contributed by atoms with Gasteiger partial charge in [-0.05, 0) is 31.4 Å². The first-order valence-electron chi connectivity index (χ1n) is 4.50. The number of aryl methyl sites for hydroxylation is 1. The van der Waals surface area contributed by atoms with Crippen molar-refractivity contribution in [1.82, 2.24) is 0 Å². The van der Waals surface area contributed by atoms with Crippen molar-refractivity contribution in [2.75, 3.05) is 0 Å². The van der Waals surface area contributed by atoms with Gasteiger partial charge in [-0.15, -0.1) is 0 Å². The normalized spacial score (nSPS) is 11.8. The fourth-order valence-corrected chi connectivity index (χ4v) is 1.34. The van der Waals surface area contributed by atoms with E-state index in [4.69, 9.17) is 0 Å². The molecular weight excluding hydrogens is 144 g/mol. The van der Waals surface area contributed by atoms with E-state index in [-0.39, 0.29) is 0 Å². The molecule has 1 rings (SSSR count). The van der Waals surface area contributed by atoms with E-state index in [1.165, 1.54) is 16.7 Å². The second kappa shape index (κ2) is 4.10. The summed E-state index contributed by atoms with van der Waals surface area (Å²) < 4.78 is 0. The van der Waals surface area contributed by atoms with Gasteiger partial charge in [0.15, 0.2) is 0 Å². The predicted octanol–water partition coefficient (Wildman–Crippen LogP) is 3.81. The third-order valence-corrected chi connectivity index (χ3v) is 2.15. The lowest BCUT2D eigenvalue weighted by Crippen LogP contribution is -1.82. The smallest absolute Gasteiger partial charge is 0.0228 e.